The van der Waals surface area contributed by atoms with E-state index in [1.54, 1.807) is 29.2 Å². The Hall–Kier alpha value is -1.89. The fraction of sp³-hybridized carbons (Fsp3) is 0.310. The van der Waals surface area contributed by atoms with Gasteiger partial charge in [-0.3, -0.25) is 9.59 Å². The largest absolute Gasteiger partial charge is 0.350 e. The number of nitrogens with zero attached hydrogens (tertiary/aromatic N) is 1. The van der Waals surface area contributed by atoms with Crippen LogP contribution in [0.2, 0.25) is 20.1 Å². The number of thioether (sulfide) groups is 1. The third-order valence-corrected chi connectivity index (χ3v) is 8.05. The van der Waals surface area contributed by atoms with E-state index in [0.717, 1.165) is 16.7 Å². The molecular formula is C29H30Cl4N2O2S. The van der Waals surface area contributed by atoms with Crippen LogP contribution < -0.4 is 5.32 Å². The van der Waals surface area contributed by atoms with E-state index in [1.807, 2.05) is 63.2 Å². The van der Waals surface area contributed by atoms with Crippen molar-refractivity contribution in [3.8, 4) is 0 Å². The first-order valence-corrected chi connectivity index (χ1v) is 14.7. The lowest BCUT2D eigenvalue weighted by atomic mass is 10.0. The zero-order valence-electron chi connectivity index (χ0n) is 21.4. The summed E-state index contributed by atoms with van der Waals surface area (Å²) >= 11 is 26.0. The van der Waals surface area contributed by atoms with Gasteiger partial charge in [0.05, 0.1) is 25.8 Å². The predicted octanol–water partition coefficient (Wildman–Crippen LogP) is 8.09. The molecule has 0 aliphatic rings. The summed E-state index contributed by atoms with van der Waals surface area (Å²) in [7, 11) is 0. The number of benzene rings is 3. The lowest BCUT2D eigenvalue weighted by Crippen LogP contribution is -2.54. The number of nitrogens with one attached hydrogen (secondary N) is 1. The highest BCUT2D eigenvalue weighted by molar-refractivity contribution is 7.99. The molecule has 3 rings (SSSR count). The van der Waals surface area contributed by atoms with Crippen LogP contribution in [0.1, 0.15) is 37.5 Å². The second-order valence-corrected chi connectivity index (χ2v) is 12.6. The smallest absolute Gasteiger partial charge is 0.243 e. The molecule has 3 aromatic carbocycles. The summed E-state index contributed by atoms with van der Waals surface area (Å²) in [6.07, 6.45) is 0.368. The molecule has 9 heteroatoms. The summed E-state index contributed by atoms with van der Waals surface area (Å²) in [5.74, 6) is 0.367. The molecule has 0 unspecified atom stereocenters. The second kappa shape index (κ2) is 14.0. The van der Waals surface area contributed by atoms with E-state index in [2.05, 4.69) is 5.32 Å². The Morgan fingerprint density at radius 1 is 0.816 bits per heavy atom. The molecule has 0 bridgehead atoms. The van der Waals surface area contributed by atoms with E-state index >= 15 is 0 Å². The molecule has 2 amide bonds. The number of amides is 2. The van der Waals surface area contributed by atoms with E-state index < -0.39 is 11.6 Å². The van der Waals surface area contributed by atoms with Gasteiger partial charge in [-0.25, -0.2) is 0 Å². The molecule has 0 aliphatic heterocycles. The van der Waals surface area contributed by atoms with Gasteiger partial charge in [-0.2, -0.15) is 0 Å². The lowest BCUT2D eigenvalue weighted by Gasteiger charge is -2.34. The molecule has 3 aromatic rings. The highest BCUT2D eigenvalue weighted by atomic mass is 35.5. The number of hydrogen-bond acceptors (Lipinski definition) is 3. The highest BCUT2D eigenvalue weighted by Gasteiger charge is 2.32. The third kappa shape index (κ3) is 9.39. The summed E-state index contributed by atoms with van der Waals surface area (Å²) in [4.78, 5) is 29.0. The van der Waals surface area contributed by atoms with Gasteiger partial charge in [-0.15, -0.1) is 11.8 Å². The van der Waals surface area contributed by atoms with Crippen molar-refractivity contribution in [2.75, 3.05) is 5.75 Å². The second-order valence-electron chi connectivity index (χ2n) is 9.96. The van der Waals surface area contributed by atoms with Gasteiger partial charge >= 0.3 is 0 Å². The molecule has 38 heavy (non-hydrogen) atoms. The fourth-order valence-electron chi connectivity index (χ4n) is 3.81. The standard InChI is InChI=1S/C29H30Cl4N2O2S/c1-29(2,3)34-28(37)26(15-19-7-5-4-6-8-19)35(16-20-9-11-22(30)24(32)13-20)27(36)18-38-17-21-10-12-23(31)25(33)14-21/h4-14,26H,15-18H2,1-3H3,(H,34,37)/t26-/m1/s1. The zero-order chi connectivity index (χ0) is 27.9. The molecule has 0 fully saturated rings. The van der Waals surface area contributed by atoms with Gasteiger partial charge in [0, 0.05) is 24.3 Å². The summed E-state index contributed by atoms with van der Waals surface area (Å²) in [5.41, 5.74) is 2.23. The van der Waals surface area contributed by atoms with Crippen LogP contribution in [-0.2, 0) is 28.3 Å². The molecule has 0 saturated carbocycles. The van der Waals surface area contributed by atoms with Crippen LogP contribution >= 0.6 is 58.2 Å². The first-order valence-electron chi connectivity index (χ1n) is 12.0. The summed E-state index contributed by atoms with van der Waals surface area (Å²) in [5, 5.41) is 4.84. The molecule has 202 valence electrons. The number of halogens is 4. The number of carbonyl (C=O) groups is 2. The van der Waals surface area contributed by atoms with Gasteiger partial charge < -0.3 is 10.2 Å². The Morgan fingerprint density at radius 2 is 1.39 bits per heavy atom. The Bertz CT molecular complexity index is 1270. The summed E-state index contributed by atoms with van der Waals surface area (Å²) in [6.45, 7) is 5.96. The summed E-state index contributed by atoms with van der Waals surface area (Å²) in [6, 6.07) is 19.6. The van der Waals surface area contributed by atoms with Crippen molar-refractivity contribution in [3.63, 3.8) is 0 Å². The van der Waals surface area contributed by atoms with E-state index in [0.29, 0.717) is 32.3 Å². The molecule has 0 heterocycles. The normalized spacial score (nSPS) is 12.2. The van der Waals surface area contributed by atoms with Gasteiger partial charge in [0.25, 0.3) is 0 Å². The van der Waals surface area contributed by atoms with Crippen LogP contribution in [0.4, 0.5) is 0 Å². The van der Waals surface area contributed by atoms with Crippen LogP contribution in [0.15, 0.2) is 66.7 Å². The lowest BCUT2D eigenvalue weighted by molar-refractivity contribution is -0.140. The maximum Gasteiger partial charge on any atom is 0.243 e. The Labute approximate surface area is 249 Å². The minimum atomic E-state index is -0.732. The molecule has 4 nitrogen and oxygen atoms in total. The fourth-order valence-corrected chi connectivity index (χ4v) is 5.31. The van der Waals surface area contributed by atoms with Gasteiger partial charge in [-0.05, 0) is 61.7 Å². The van der Waals surface area contributed by atoms with Crippen molar-refractivity contribution in [1.29, 1.82) is 0 Å². The quantitative estimate of drug-likeness (QED) is 0.252. The predicted molar refractivity (Wildman–Crippen MR) is 161 cm³/mol. The molecule has 0 radical (unpaired) electrons. The SMILES string of the molecule is CC(C)(C)NC(=O)[C@@H](Cc1ccccc1)N(Cc1ccc(Cl)c(Cl)c1)C(=O)CSCc1ccc(Cl)c(Cl)c1. The van der Waals surface area contributed by atoms with E-state index in [9.17, 15) is 9.59 Å². The molecule has 1 N–H and O–H groups in total. The van der Waals surface area contributed by atoms with E-state index in [1.165, 1.54) is 11.8 Å². The first kappa shape index (κ1) is 30.6. The Balaban J connectivity index is 1.89. The van der Waals surface area contributed by atoms with Crippen LogP contribution in [0.3, 0.4) is 0 Å². The average molecular weight is 612 g/mol. The number of carbonyl (C=O) groups excluding carboxylic acids is 2. The average Bonchev–Trinajstić information content (AvgIpc) is 2.85. The van der Waals surface area contributed by atoms with Crippen molar-refractivity contribution < 1.29 is 9.59 Å². The van der Waals surface area contributed by atoms with Crippen molar-refractivity contribution in [2.24, 2.45) is 0 Å². The van der Waals surface area contributed by atoms with Crippen LogP contribution in [0.5, 0.6) is 0 Å². The maximum atomic E-state index is 13.7. The van der Waals surface area contributed by atoms with Gasteiger partial charge in [0.2, 0.25) is 11.8 Å². The molecule has 0 spiro atoms. The molecule has 0 aromatic heterocycles. The molecule has 1 atom stereocenters. The maximum absolute atomic E-state index is 13.7. The van der Waals surface area contributed by atoms with Crippen molar-refractivity contribution in [2.45, 2.75) is 51.1 Å². The van der Waals surface area contributed by atoms with Crippen molar-refractivity contribution in [1.82, 2.24) is 10.2 Å². The third-order valence-electron chi connectivity index (χ3n) is 5.58. The van der Waals surface area contributed by atoms with E-state index in [4.69, 9.17) is 46.4 Å². The molecular weight excluding hydrogens is 582 g/mol. The summed E-state index contributed by atoms with van der Waals surface area (Å²) < 4.78 is 0. The molecule has 0 aliphatic carbocycles. The minimum absolute atomic E-state index is 0.161. The number of rotatable bonds is 10. The Morgan fingerprint density at radius 3 is 1.97 bits per heavy atom. The van der Waals surface area contributed by atoms with Crippen molar-refractivity contribution in [3.05, 3.63) is 104 Å². The van der Waals surface area contributed by atoms with Gasteiger partial charge in [0.15, 0.2) is 0 Å². The van der Waals surface area contributed by atoms with Gasteiger partial charge in [-0.1, -0.05) is 88.9 Å². The van der Waals surface area contributed by atoms with Crippen molar-refractivity contribution >= 4 is 70.0 Å². The first-order chi connectivity index (χ1) is 17.9. The van der Waals surface area contributed by atoms with Crippen LogP contribution in [0.25, 0.3) is 0 Å². The van der Waals surface area contributed by atoms with Crippen LogP contribution in [-0.4, -0.2) is 34.0 Å². The van der Waals surface area contributed by atoms with Crippen LogP contribution in [0, 0.1) is 0 Å². The molecule has 0 saturated heterocycles. The highest BCUT2D eigenvalue weighted by Crippen LogP contribution is 2.27. The monoisotopic (exact) mass is 610 g/mol. The topological polar surface area (TPSA) is 49.4 Å². The Kier molecular flexibility index (Phi) is 11.3. The van der Waals surface area contributed by atoms with E-state index in [-0.39, 0.29) is 24.1 Å². The minimum Gasteiger partial charge on any atom is -0.350 e. The van der Waals surface area contributed by atoms with Gasteiger partial charge in [0.1, 0.15) is 6.04 Å². The number of hydrogen-bond donors (Lipinski definition) is 1. The zero-order valence-corrected chi connectivity index (χ0v) is 25.3.